The van der Waals surface area contributed by atoms with Crippen LogP contribution in [0.3, 0.4) is 0 Å². The van der Waals surface area contributed by atoms with E-state index in [1.165, 1.54) is 36.8 Å². The molecule has 0 aromatic heterocycles. The van der Waals surface area contributed by atoms with Gasteiger partial charge in [0.15, 0.2) is 11.6 Å². The number of halogens is 2. The van der Waals surface area contributed by atoms with E-state index < -0.39 is 11.6 Å². The fourth-order valence-electron chi connectivity index (χ4n) is 4.98. The second-order valence-corrected chi connectivity index (χ2v) is 9.06. The zero-order chi connectivity index (χ0) is 21.8. The zero-order valence-corrected chi connectivity index (χ0v) is 18.5. The lowest BCUT2D eigenvalue weighted by Gasteiger charge is -2.27. The van der Waals surface area contributed by atoms with Crippen molar-refractivity contribution in [1.29, 1.82) is 0 Å². The van der Waals surface area contributed by atoms with Gasteiger partial charge >= 0.3 is 0 Å². The first kappa shape index (κ1) is 21.7. The van der Waals surface area contributed by atoms with E-state index in [2.05, 4.69) is 43.8 Å². The van der Waals surface area contributed by atoms with Gasteiger partial charge in [0.05, 0.1) is 0 Å². The molecule has 0 aliphatic heterocycles. The van der Waals surface area contributed by atoms with E-state index >= 15 is 0 Å². The predicted molar refractivity (Wildman–Crippen MR) is 127 cm³/mol. The molecule has 0 N–H and O–H groups in total. The Balaban J connectivity index is 1.44. The van der Waals surface area contributed by atoms with Crippen LogP contribution in [0.1, 0.15) is 67.2 Å². The zero-order valence-electron chi connectivity index (χ0n) is 18.5. The highest BCUT2D eigenvalue weighted by molar-refractivity contribution is 5.84. The van der Waals surface area contributed by atoms with Crippen molar-refractivity contribution in [3.05, 3.63) is 95.1 Å². The summed E-state index contributed by atoms with van der Waals surface area (Å²) in [4.78, 5) is 0. The molecule has 3 aromatic rings. The van der Waals surface area contributed by atoms with E-state index in [0.29, 0.717) is 35.6 Å². The van der Waals surface area contributed by atoms with E-state index in [0.717, 1.165) is 23.8 Å². The Bertz CT molecular complexity index is 1040. The van der Waals surface area contributed by atoms with Crippen molar-refractivity contribution in [3.63, 3.8) is 0 Å². The van der Waals surface area contributed by atoms with Gasteiger partial charge in [-0.1, -0.05) is 55.8 Å². The third-order valence-electron chi connectivity index (χ3n) is 6.94. The minimum atomic E-state index is -0.712. The Morgan fingerprint density at radius 3 is 2.23 bits per heavy atom. The maximum Gasteiger partial charge on any atom is 0.166 e. The first-order chi connectivity index (χ1) is 15.1. The van der Waals surface area contributed by atoms with Gasteiger partial charge < -0.3 is 0 Å². The van der Waals surface area contributed by atoms with Crippen molar-refractivity contribution in [3.8, 4) is 0 Å². The Morgan fingerprint density at radius 1 is 0.839 bits per heavy atom. The summed E-state index contributed by atoms with van der Waals surface area (Å²) in [7, 11) is 0. The highest BCUT2D eigenvalue weighted by atomic mass is 19.2. The third kappa shape index (κ3) is 4.89. The van der Waals surface area contributed by atoms with Gasteiger partial charge in [-0.2, -0.15) is 0 Å². The number of fused-ring (bicyclic) bond motifs is 1. The van der Waals surface area contributed by atoms with Crippen molar-refractivity contribution in [2.45, 2.75) is 64.2 Å². The highest BCUT2D eigenvalue weighted by Gasteiger charge is 2.20. The summed E-state index contributed by atoms with van der Waals surface area (Å²) < 4.78 is 29.5. The van der Waals surface area contributed by atoms with Crippen molar-refractivity contribution in [2.75, 3.05) is 0 Å². The molecule has 0 amide bonds. The molecule has 1 aliphatic carbocycles. The van der Waals surface area contributed by atoms with Crippen molar-refractivity contribution < 1.29 is 8.78 Å². The largest absolute Gasteiger partial charge is 0.203 e. The van der Waals surface area contributed by atoms with Gasteiger partial charge in [-0.15, -0.1) is 6.58 Å². The summed E-state index contributed by atoms with van der Waals surface area (Å²) in [5.41, 5.74) is 4.08. The van der Waals surface area contributed by atoms with E-state index in [9.17, 15) is 8.78 Å². The van der Waals surface area contributed by atoms with Crippen LogP contribution in [-0.2, 0) is 19.3 Å². The number of rotatable bonds is 7. The minimum absolute atomic E-state index is 0.391. The summed E-state index contributed by atoms with van der Waals surface area (Å²) in [6, 6.07) is 16.3. The Hall–Kier alpha value is -2.48. The second-order valence-electron chi connectivity index (χ2n) is 9.06. The number of aryl methyl sites for hydroxylation is 3. The van der Waals surface area contributed by atoms with Crippen LogP contribution in [0, 0.1) is 17.6 Å². The maximum atomic E-state index is 14.7. The first-order valence-electron chi connectivity index (χ1n) is 11.7. The average Bonchev–Trinajstić information content (AvgIpc) is 2.81. The fraction of sp³-hybridized carbons (Fsp3) is 0.379. The van der Waals surface area contributed by atoms with Crippen LogP contribution in [0.5, 0.6) is 0 Å². The van der Waals surface area contributed by atoms with Crippen LogP contribution < -0.4 is 0 Å². The molecule has 0 saturated heterocycles. The molecule has 162 valence electrons. The van der Waals surface area contributed by atoms with Gasteiger partial charge in [0.2, 0.25) is 0 Å². The molecule has 0 atom stereocenters. The average molecular weight is 419 g/mol. The normalized spacial score (nSPS) is 18.9. The third-order valence-corrected chi connectivity index (χ3v) is 6.94. The van der Waals surface area contributed by atoms with E-state index in [-0.39, 0.29) is 0 Å². The quantitative estimate of drug-likeness (QED) is 0.338. The molecule has 0 unspecified atom stereocenters. The van der Waals surface area contributed by atoms with Gasteiger partial charge in [0, 0.05) is 5.39 Å². The predicted octanol–water partition coefficient (Wildman–Crippen LogP) is 8.32. The topological polar surface area (TPSA) is 0 Å². The molecule has 0 nitrogen and oxygen atoms in total. The monoisotopic (exact) mass is 418 g/mol. The molecule has 1 saturated carbocycles. The SMILES string of the molecule is C=CC1CCC(c2ccc(CCc3cc4ccc(CCC)cc4c(F)c3F)cc2)CC1. The summed E-state index contributed by atoms with van der Waals surface area (Å²) in [5, 5.41) is 1.17. The van der Waals surface area contributed by atoms with Crippen molar-refractivity contribution >= 4 is 10.8 Å². The van der Waals surface area contributed by atoms with Crippen molar-refractivity contribution in [1.82, 2.24) is 0 Å². The van der Waals surface area contributed by atoms with E-state index in [1.54, 1.807) is 6.07 Å². The molecule has 0 heterocycles. The van der Waals surface area contributed by atoms with Crippen LogP contribution in [0.2, 0.25) is 0 Å². The minimum Gasteiger partial charge on any atom is -0.203 e. The molecule has 0 bridgehead atoms. The smallest absolute Gasteiger partial charge is 0.166 e. The second kappa shape index (κ2) is 9.77. The number of benzene rings is 3. The summed E-state index contributed by atoms with van der Waals surface area (Å²) in [6.45, 7) is 6.02. The van der Waals surface area contributed by atoms with Gasteiger partial charge in [-0.05, 0) is 96.6 Å². The summed E-state index contributed by atoms with van der Waals surface area (Å²) in [5.74, 6) is -0.103. The van der Waals surface area contributed by atoms with E-state index in [1.807, 2.05) is 18.2 Å². The lowest BCUT2D eigenvalue weighted by atomic mass is 9.78. The Labute approximate surface area is 185 Å². The van der Waals surface area contributed by atoms with Gasteiger partial charge in [-0.3, -0.25) is 0 Å². The first-order valence-corrected chi connectivity index (χ1v) is 11.7. The lowest BCUT2D eigenvalue weighted by molar-refractivity contribution is 0.376. The molecule has 0 spiro atoms. The van der Waals surface area contributed by atoms with Crippen LogP contribution in [0.25, 0.3) is 10.8 Å². The Morgan fingerprint density at radius 2 is 1.55 bits per heavy atom. The number of allylic oxidation sites excluding steroid dienone is 1. The molecular formula is C29H32F2. The molecule has 0 radical (unpaired) electrons. The van der Waals surface area contributed by atoms with Crippen LogP contribution >= 0.6 is 0 Å². The van der Waals surface area contributed by atoms with Gasteiger partial charge in [0.1, 0.15) is 0 Å². The maximum absolute atomic E-state index is 14.7. The lowest BCUT2D eigenvalue weighted by Crippen LogP contribution is -2.11. The number of hydrogen-bond donors (Lipinski definition) is 0. The molecular weight excluding hydrogens is 386 g/mol. The highest BCUT2D eigenvalue weighted by Crippen LogP contribution is 2.36. The van der Waals surface area contributed by atoms with Crippen molar-refractivity contribution in [2.24, 2.45) is 5.92 Å². The summed E-state index contributed by atoms with van der Waals surface area (Å²) >= 11 is 0. The standard InChI is InChI=1S/C29H32F2/c1-3-5-22-11-16-25-19-26(28(30)29(31)27(25)18-22)17-10-21-8-14-24(15-9-21)23-12-6-20(4-2)7-13-23/h4,8-9,11,14-16,18-20,23H,2-3,5-7,10,12-13,17H2,1H3. The number of hydrogen-bond acceptors (Lipinski definition) is 0. The Kier molecular flexibility index (Phi) is 6.85. The van der Waals surface area contributed by atoms with Gasteiger partial charge in [0.25, 0.3) is 0 Å². The van der Waals surface area contributed by atoms with Crippen LogP contribution in [0.15, 0.2) is 61.2 Å². The van der Waals surface area contributed by atoms with E-state index in [4.69, 9.17) is 0 Å². The molecule has 3 aromatic carbocycles. The molecule has 1 aliphatic rings. The van der Waals surface area contributed by atoms with Crippen LogP contribution in [-0.4, -0.2) is 0 Å². The van der Waals surface area contributed by atoms with Crippen LogP contribution in [0.4, 0.5) is 8.78 Å². The van der Waals surface area contributed by atoms with Gasteiger partial charge in [-0.25, -0.2) is 8.78 Å². The molecule has 31 heavy (non-hydrogen) atoms. The molecule has 2 heteroatoms. The fourth-order valence-corrected chi connectivity index (χ4v) is 4.98. The molecule has 4 rings (SSSR count). The summed E-state index contributed by atoms with van der Waals surface area (Å²) in [6.07, 6.45) is 10.1. The molecule has 1 fully saturated rings.